The number of carbonyl (C=O) groups is 1. The van der Waals surface area contributed by atoms with Gasteiger partial charge >= 0.3 is 0 Å². The molecule has 3 aromatic heterocycles. The Labute approximate surface area is 195 Å². The Morgan fingerprint density at radius 2 is 1.91 bits per heavy atom. The van der Waals surface area contributed by atoms with Crippen molar-refractivity contribution in [3.8, 4) is 11.3 Å². The van der Waals surface area contributed by atoms with Crippen molar-refractivity contribution in [1.82, 2.24) is 30.2 Å². The Hall–Kier alpha value is -4.05. The van der Waals surface area contributed by atoms with Gasteiger partial charge in [0.15, 0.2) is 11.6 Å². The third kappa shape index (κ3) is 4.81. The Balaban J connectivity index is 1.54. The number of carbonyl (C=O) groups excluding carboxylic acids is 1. The van der Waals surface area contributed by atoms with Crippen molar-refractivity contribution in [3.63, 3.8) is 0 Å². The molecule has 1 atom stereocenters. The van der Waals surface area contributed by atoms with E-state index in [9.17, 15) is 9.18 Å². The molecule has 2 N–H and O–H groups in total. The summed E-state index contributed by atoms with van der Waals surface area (Å²) in [6.45, 7) is 2.90. The fourth-order valence-electron chi connectivity index (χ4n) is 3.65. The van der Waals surface area contributed by atoms with E-state index >= 15 is 0 Å². The third-order valence-electron chi connectivity index (χ3n) is 5.40. The molecular formula is C24H24FN7O2. The van der Waals surface area contributed by atoms with Crippen molar-refractivity contribution in [2.45, 2.75) is 19.4 Å². The monoisotopic (exact) mass is 461 g/mol. The minimum Gasteiger partial charge on any atom is -0.377 e. The molecule has 0 aliphatic carbocycles. The molecule has 4 rings (SSSR count). The molecule has 1 aromatic carbocycles. The Morgan fingerprint density at radius 1 is 1.12 bits per heavy atom. The van der Waals surface area contributed by atoms with Gasteiger partial charge in [-0.05, 0) is 5.56 Å². The van der Waals surface area contributed by atoms with Crippen LogP contribution in [0.4, 0.5) is 10.2 Å². The maximum atomic E-state index is 14.3. The Morgan fingerprint density at radius 3 is 2.65 bits per heavy atom. The highest BCUT2D eigenvalue weighted by Gasteiger charge is 2.19. The zero-order chi connectivity index (χ0) is 24.1. The highest BCUT2D eigenvalue weighted by molar-refractivity contribution is 6.06. The van der Waals surface area contributed by atoms with E-state index in [1.807, 2.05) is 19.1 Å². The molecule has 0 fully saturated rings. The molecule has 174 valence electrons. The molecule has 3 heterocycles. The summed E-state index contributed by atoms with van der Waals surface area (Å²) in [6.07, 6.45) is 5.96. The smallest absolute Gasteiger partial charge is 0.254 e. The predicted octanol–water partition coefficient (Wildman–Crippen LogP) is 3.34. The first-order valence-electron chi connectivity index (χ1n) is 10.7. The van der Waals surface area contributed by atoms with Crippen LogP contribution in [-0.2, 0) is 11.3 Å². The lowest BCUT2D eigenvalue weighted by atomic mass is 9.96. The van der Waals surface area contributed by atoms with Crippen LogP contribution in [0.25, 0.3) is 22.2 Å². The standard InChI is InChI=1S/C24H24FN7O2/c1-14(16-5-4-6-17-22(24(33)26-2)18(25)11-30-23(16)17)8-27-20-7-19(31-13-32-20)15-9-28-21(12-34-3)29-10-15/h4-7,9-11,13-14H,8,12H2,1-3H3,(H,26,33)(H,27,31,32)/t14-/m1/s1. The summed E-state index contributed by atoms with van der Waals surface area (Å²) in [6, 6.07) is 7.26. The number of nitrogens with one attached hydrogen (secondary N) is 2. The molecule has 1 amide bonds. The minimum absolute atomic E-state index is 0.00530. The lowest BCUT2D eigenvalue weighted by molar-refractivity contribution is 0.0960. The number of fused-ring (bicyclic) bond motifs is 1. The number of nitrogens with zero attached hydrogens (tertiary/aromatic N) is 5. The molecule has 0 aliphatic rings. The van der Waals surface area contributed by atoms with Gasteiger partial charge in [0.25, 0.3) is 5.91 Å². The maximum absolute atomic E-state index is 14.3. The van der Waals surface area contributed by atoms with Crippen molar-refractivity contribution in [2.75, 3.05) is 26.0 Å². The second-order valence-corrected chi connectivity index (χ2v) is 7.70. The number of pyridine rings is 1. The zero-order valence-corrected chi connectivity index (χ0v) is 19.0. The molecule has 0 saturated carbocycles. The van der Waals surface area contributed by atoms with Crippen molar-refractivity contribution in [1.29, 1.82) is 0 Å². The number of amides is 1. The van der Waals surface area contributed by atoms with Crippen molar-refractivity contribution in [2.24, 2.45) is 0 Å². The maximum Gasteiger partial charge on any atom is 0.254 e. The van der Waals surface area contributed by atoms with E-state index in [1.54, 1.807) is 31.6 Å². The number of hydrogen-bond donors (Lipinski definition) is 2. The summed E-state index contributed by atoms with van der Waals surface area (Å²) in [7, 11) is 3.06. The molecule has 0 unspecified atom stereocenters. The number of rotatable bonds is 8. The zero-order valence-electron chi connectivity index (χ0n) is 19.0. The molecule has 34 heavy (non-hydrogen) atoms. The summed E-state index contributed by atoms with van der Waals surface area (Å²) in [5.41, 5.74) is 2.93. The number of hydrogen-bond acceptors (Lipinski definition) is 8. The first-order valence-corrected chi connectivity index (χ1v) is 10.7. The van der Waals surface area contributed by atoms with Gasteiger partial charge in [-0.1, -0.05) is 25.1 Å². The fourth-order valence-corrected chi connectivity index (χ4v) is 3.65. The van der Waals surface area contributed by atoms with Gasteiger partial charge in [0.2, 0.25) is 0 Å². The molecule has 0 bridgehead atoms. The van der Waals surface area contributed by atoms with Crippen LogP contribution in [0.5, 0.6) is 0 Å². The number of anilines is 1. The SMILES string of the molecule is CNC(=O)c1c(F)cnc2c([C@H](C)CNc3cc(-c4cnc(COC)nc4)ncn3)cccc12. The van der Waals surface area contributed by atoms with Gasteiger partial charge < -0.3 is 15.4 Å². The Bertz CT molecular complexity index is 1310. The van der Waals surface area contributed by atoms with Gasteiger partial charge in [0.05, 0.1) is 23.0 Å². The van der Waals surface area contributed by atoms with Crippen LogP contribution in [0.15, 0.2) is 49.2 Å². The normalized spacial score (nSPS) is 11.9. The van der Waals surface area contributed by atoms with Crippen LogP contribution in [0.3, 0.4) is 0 Å². The van der Waals surface area contributed by atoms with Crippen LogP contribution in [0.1, 0.15) is 34.6 Å². The van der Waals surface area contributed by atoms with Gasteiger partial charge in [0, 0.05) is 56.0 Å². The minimum atomic E-state index is -0.650. The lowest BCUT2D eigenvalue weighted by Gasteiger charge is -2.17. The number of benzene rings is 1. The second-order valence-electron chi connectivity index (χ2n) is 7.70. The predicted molar refractivity (Wildman–Crippen MR) is 126 cm³/mol. The molecule has 0 spiro atoms. The van der Waals surface area contributed by atoms with Crippen molar-refractivity contribution < 1.29 is 13.9 Å². The first-order chi connectivity index (χ1) is 16.5. The van der Waals surface area contributed by atoms with Gasteiger partial charge in [-0.3, -0.25) is 9.78 Å². The van der Waals surface area contributed by atoms with Gasteiger partial charge in [-0.2, -0.15) is 0 Å². The topological polar surface area (TPSA) is 115 Å². The average Bonchev–Trinajstić information content (AvgIpc) is 2.87. The molecule has 0 radical (unpaired) electrons. The fraction of sp³-hybridized carbons (Fsp3) is 0.250. The van der Waals surface area contributed by atoms with Gasteiger partial charge in [-0.25, -0.2) is 24.3 Å². The molecule has 10 heteroatoms. The number of methoxy groups -OCH3 is 1. The first kappa shape index (κ1) is 23.1. The number of para-hydroxylation sites is 1. The highest BCUT2D eigenvalue weighted by atomic mass is 19.1. The van der Waals surface area contributed by atoms with E-state index < -0.39 is 11.7 Å². The van der Waals surface area contributed by atoms with E-state index in [2.05, 4.69) is 35.6 Å². The van der Waals surface area contributed by atoms with Crippen molar-refractivity contribution in [3.05, 3.63) is 72.0 Å². The van der Waals surface area contributed by atoms with Crippen LogP contribution in [-0.4, -0.2) is 51.5 Å². The summed E-state index contributed by atoms with van der Waals surface area (Å²) in [5.74, 6) is 0.0936. The van der Waals surface area contributed by atoms with Gasteiger partial charge in [-0.15, -0.1) is 0 Å². The summed E-state index contributed by atoms with van der Waals surface area (Å²) >= 11 is 0. The second kappa shape index (κ2) is 10.3. The van der Waals surface area contributed by atoms with E-state index in [0.717, 1.165) is 17.3 Å². The molecule has 9 nitrogen and oxygen atoms in total. The van der Waals surface area contributed by atoms with Crippen LogP contribution in [0, 0.1) is 5.82 Å². The number of halogens is 1. The average molecular weight is 462 g/mol. The van der Waals surface area contributed by atoms with E-state index in [1.165, 1.54) is 13.4 Å². The number of ether oxygens (including phenoxy) is 1. The summed E-state index contributed by atoms with van der Waals surface area (Å²) < 4.78 is 19.4. The van der Waals surface area contributed by atoms with E-state index in [-0.39, 0.29) is 11.5 Å². The van der Waals surface area contributed by atoms with Crippen molar-refractivity contribution >= 4 is 22.6 Å². The number of aromatic nitrogens is 5. The molecule has 0 aliphatic heterocycles. The quantitative estimate of drug-likeness (QED) is 0.411. The van der Waals surface area contributed by atoms with Crippen LogP contribution < -0.4 is 10.6 Å². The van der Waals surface area contributed by atoms with Crippen LogP contribution in [0.2, 0.25) is 0 Å². The summed E-state index contributed by atoms with van der Waals surface area (Å²) in [5, 5.41) is 6.28. The lowest BCUT2D eigenvalue weighted by Crippen LogP contribution is -2.20. The molecule has 4 aromatic rings. The highest BCUT2D eigenvalue weighted by Crippen LogP contribution is 2.28. The molecule has 0 saturated heterocycles. The van der Waals surface area contributed by atoms with E-state index in [4.69, 9.17) is 4.74 Å². The molecular weight excluding hydrogens is 437 g/mol. The third-order valence-corrected chi connectivity index (χ3v) is 5.40. The summed E-state index contributed by atoms with van der Waals surface area (Å²) in [4.78, 5) is 33.6. The Kier molecular flexibility index (Phi) is 6.98. The van der Waals surface area contributed by atoms with Crippen LogP contribution >= 0.6 is 0 Å². The largest absolute Gasteiger partial charge is 0.377 e. The van der Waals surface area contributed by atoms with Gasteiger partial charge in [0.1, 0.15) is 18.8 Å². The van der Waals surface area contributed by atoms with E-state index in [0.29, 0.717) is 41.4 Å².